The van der Waals surface area contributed by atoms with E-state index in [4.69, 9.17) is 4.74 Å². The van der Waals surface area contributed by atoms with Crippen molar-refractivity contribution in [3.63, 3.8) is 0 Å². The Hall–Kier alpha value is -2.02. The predicted molar refractivity (Wildman–Crippen MR) is 85.7 cm³/mol. The zero-order valence-corrected chi connectivity index (χ0v) is 13.9. The smallest absolute Gasteiger partial charge is 0.316 e. The van der Waals surface area contributed by atoms with Crippen LogP contribution in [0.3, 0.4) is 0 Å². The van der Waals surface area contributed by atoms with Crippen molar-refractivity contribution in [2.75, 3.05) is 13.1 Å². The van der Waals surface area contributed by atoms with Crippen molar-refractivity contribution in [3.8, 4) is 6.01 Å². The highest BCUT2D eigenvalue weighted by Crippen LogP contribution is 2.18. The molecule has 1 amide bonds. The van der Waals surface area contributed by atoms with E-state index >= 15 is 0 Å². The van der Waals surface area contributed by atoms with Crippen molar-refractivity contribution in [2.45, 2.75) is 18.9 Å². The Balaban J connectivity index is 1.66. The third kappa shape index (κ3) is 4.04. The summed E-state index contributed by atoms with van der Waals surface area (Å²) >= 11 is 3.27. The van der Waals surface area contributed by atoms with Gasteiger partial charge in [0, 0.05) is 24.5 Å². The number of nitrogens with zero attached hydrogens (tertiary/aromatic N) is 3. The third-order valence-corrected chi connectivity index (χ3v) is 4.02. The second-order valence-corrected chi connectivity index (χ2v) is 6.24. The topological polar surface area (TPSA) is 55.3 Å². The fourth-order valence-corrected chi connectivity index (χ4v) is 2.74. The van der Waals surface area contributed by atoms with Crippen molar-refractivity contribution in [1.29, 1.82) is 0 Å². The van der Waals surface area contributed by atoms with Crippen molar-refractivity contribution in [2.24, 2.45) is 0 Å². The lowest BCUT2D eigenvalue weighted by atomic mass is 10.1. The fraction of sp³-hybridized carbons (Fsp3) is 0.312. The van der Waals surface area contributed by atoms with Crippen molar-refractivity contribution in [1.82, 2.24) is 14.9 Å². The minimum atomic E-state index is -0.413. The molecule has 1 aliphatic rings. The number of hydrogen-bond donors (Lipinski definition) is 0. The van der Waals surface area contributed by atoms with Crippen molar-refractivity contribution < 1.29 is 13.9 Å². The molecule has 0 radical (unpaired) electrons. The quantitative estimate of drug-likeness (QED) is 0.822. The summed E-state index contributed by atoms with van der Waals surface area (Å²) in [4.78, 5) is 22.3. The maximum absolute atomic E-state index is 13.3. The molecule has 7 heteroatoms. The number of halogens is 2. The highest BCUT2D eigenvalue weighted by Gasteiger charge is 2.26. The molecule has 2 aromatic rings. The first-order valence-corrected chi connectivity index (χ1v) is 8.10. The van der Waals surface area contributed by atoms with Crippen LogP contribution in [0.2, 0.25) is 0 Å². The average molecular weight is 380 g/mol. The molecule has 23 heavy (non-hydrogen) atoms. The van der Waals surface area contributed by atoms with Gasteiger partial charge in [-0.3, -0.25) is 4.79 Å². The van der Waals surface area contributed by atoms with E-state index in [0.717, 1.165) is 17.3 Å². The molecule has 1 unspecified atom stereocenters. The normalized spacial score (nSPS) is 17.8. The predicted octanol–water partition coefficient (Wildman–Crippen LogP) is 3.06. The number of rotatable bonds is 3. The van der Waals surface area contributed by atoms with Crippen LogP contribution >= 0.6 is 15.9 Å². The van der Waals surface area contributed by atoms with E-state index in [9.17, 15) is 9.18 Å². The summed E-state index contributed by atoms with van der Waals surface area (Å²) in [6, 6.07) is 6.02. The van der Waals surface area contributed by atoms with Crippen LogP contribution in [0.1, 0.15) is 23.2 Å². The van der Waals surface area contributed by atoms with E-state index in [1.54, 1.807) is 23.4 Å². The van der Waals surface area contributed by atoms with Gasteiger partial charge >= 0.3 is 6.01 Å². The molecule has 1 aromatic carbocycles. The lowest BCUT2D eigenvalue weighted by Crippen LogP contribution is -2.44. The number of hydrogen-bond acceptors (Lipinski definition) is 4. The molecule has 5 nitrogen and oxygen atoms in total. The largest absolute Gasteiger partial charge is 0.458 e. The van der Waals surface area contributed by atoms with Gasteiger partial charge in [0.2, 0.25) is 0 Å². The van der Waals surface area contributed by atoms with Crippen LogP contribution in [-0.2, 0) is 0 Å². The fourth-order valence-electron chi connectivity index (χ4n) is 2.53. The lowest BCUT2D eigenvalue weighted by molar-refractivity contribution is 0.0515. The van der Waals surface area contributed by atoms with Gasteiger partial charge in [-0.05, 0) is 47.0 Å². The molecule has 3 rings (SSSR count). The number of carbonyl (C=O) groups is 1. The van der Waals surface area contributed by atoms with Crippen molar-refractivity contribution in [3.05, 3.63) is 52.5 Å². The molecule has 0 saturated carbocycles. The SMILES string of the molecule is O=C(c1cccc(F)c1)N1CCCC(Oc2ncc(Br)cn2)C1. The highest BCUT2D eigenvalue weighted by molar-refractivity contribution is 9.10. The molecule has 1 aliphatic heterocycles. The first kappa shape index (κ1) is 15.9. The molecule has 0 aliphatic carbocycles. The van der Waals surface area contributed by atoms with Gasteiger partial charge in [0.15, 0.2) is 0 Å². The van der Waals surface area contributed by atoms with Crippen LogP contribution in [-0.4, -0.2) is 40.0 Å². The van der Waals surface area contributed by atoms with Gasteiger partial charge in [-0.15, -0.1) is 0 Å². The molecule has 120 valence electrons. The van der Waals surface area contributed by atoms with Crippen LogP contribution in [0.15, 0.2) is 41.1 Å². The van der Waals surface area contributed by atoms with Crippen LogP contribution in [0.25, 0.3) is 0 Å². The monoisotopic (exact) mass is 379 g/mol. The van der Waals surface area contributed by atoms with Gasteiger partial charge in [-0.2, -0.15) is 0 Å². The van der Waals surface area contributed by atoms with Gasteiger partial charge in [0.1, 0.15) is 11.9 Å². The van der Waals surface area contributed by atoms with E-state index < -0.39 is 5.82 Å². The Morgan fingerprint density at radius 2 is 2.13 bits per heavy atom. The highest BCUT2D eigenvalue weighted by atomic mass is 79.9. The zero-order chi connectivity index (χ0) is 16.2. The summed E-state index contributed by atoms with van der Waals surface area (Å²) in [5.74, 6) is -0.599. The molecule has 1 saturated heterocycles. The molecular weight excluding hydrogens is 365 g/mol. The first-order chi connectivity index (χ1) is 11.1. The third-order valence-electron chi connectivity index (χ3n) is 3.61. The minimum absolute atomic E-state index is 0.164. The van der Waals surface area contributed by atoms with E-state index in [1.165, 1.54) is 18.2 Å². The van der Waals surface area contributed by atoms with Gasteiger partial charge < -0.3 is 9.64 Å². The van der Waals surface area contributed by atoms with Crippen LogP contribution in [0.4, 0.5) is 4.39 Å². The van der Waals surface area contributed by atoms with Gasteiger partial charge in [0.25, 0.3) is 5.91 Å². The van der Waals surface area contributed by atoms with E-state index in [2.05, 4.69) is 25.9 Å². The maximum Gasteiger partial charge on any atom is 0.316 e. The average Bonchev–Trinajstić information content (AvgIpc) is 2.56. The van der Waals surface area contributed by atoms with Crippen LogP contribution in [0.5, 0.6) is 6.01 Å². The molecular formula is C16H15BrFN3O2. The first-order valence-electron chi connectivity index (χ1n) is 7.31. The molecule has 2 heterocycles. The summed E-state index contributed by atoms with van der Waals surface area (Å²) in [6.07, 6.45) is 4.71. The number of likely N-dealkylation sites (tertiary alicyclic amines) is 1. The van der Waals surface area contributed by atoms with E-state index in [1.807, 2.05) is 0 Å². The van der Waals surface area contributed by atoms with E-state index in [0.29, 0.717) is 24.7 Å². The Morgan fingerprint density at radius 3 is 2.87 bits per heavy atom. The number of amides is 1. The number of benzene rings is 1. The second-order valence-electron chi connectivity index (χ2n) is 5.33. The molecule has 0 bridgehead atoms. The zero-order valence-electron chi connectivity index (χ0n) is 12.3. The number of carbonyl (C=O) groups excluding carboxylic acids is 1. The van der Waals surface area contributed by atoms with E-state index in [-0.39, 0.29) is 12.0 Å². The van der Waals surface area contributed by atoms with Gasteiger partial charge in [-0.25, -0.2) is 14.4 Å². The number of aromatic nitrogens is 2. The summed E-state index contributed by atoms with van der Waals surface area (Å²) in [5.41, 5.74) is 0.352. The summed E-state index contributed by atoms with van der Waals surface area (Å²) in [6.45, 7) is 1.07. The molecule has 1 fully saturated rings. The Bertz CT molecular complexity index is 696. The Labute approximate surface area is 141 Å². The summed E-state index contributed by atoms with van der Waals surface area (Å²) in [5, 5.41) is 0. The lowest BCUT2D eigenvalue weighted by Gasteiger charge is -2.32. The summed E-state index contributed by atoms with van der Waals surface area (Å²) in [7, 11) is 0. The maximum atomic E-state index is 13.3. The molecule has 0 spiro atoms. The van der Waals surface area contributed by atoms with Crippen LogP contribution < -0.4 is 4.74 Å². The summed E-state index contributed by atoms with van der Waals surface area (Å²) < 4.78 is 19.8. The van der Waals surface area contributed by atoms with Crippen molar-refractivity contribution >= 4 is 21.8 Å². The number of ether oxygens (including phenoxy) is 1. The molecule has 0 N–H and O–H groups in total. The van der Waals surface area contributed by atoms with Crippen LogP contribution in [0, 0.1) is 5.82 Å². The minimum Gasteiger partial charge on any atom is -0.458 e. The Morgan fingerprint density at radius 1 is 1.35 bits per heavy atom. The molecule has 1 aromatic heterocycles. The second kappa shape index (κ2) is 7.04. The molecule has 1 atom stereocenters. The number of piperidine rings is 1. The van der Waals surface area contributed by atoms with Gasteiger partial charge in [-0.1, -0.05) is 6.07 Å². The standard InChI is InChI=1S/C16H15BrFN3O2/c17-12-8-19-16(20-9-12)23-14-5-2-6-21(10-14)15(22)11-3-1-4-13(18)7-11/h1,3-4,7-9,14H,2,5-6,10H2. The van der Waals surface area contributed by atoms with Gasteiger partial charge in [0.05, 0.1) is 11.0 Å². The Kier molecular flexibility index (Phi) is 4.85.